The first kappa shape index (κ1) is 11.7. The number of carbonyl (C=O) groups excluding carboxylic acids is 1. The minimum atomic E-state index is -0.766. The van der Waals surface area contributed by atoms with Crippen LogP contribution in [0.3, 0.4) is 0 Å². The van der Waals surface area contributed by atoms with Gasteiger partial charge in [-0.05, 0) is 18.2 Å². The second kappa shape index (κ2) is 4.25. The third-order valence-corrected chi connectivity index (χ3v) is 2.50. The molecule has 0 unspecified atom stereocenters. The molecular weight excluding hydrogens is 252 g/mol. The maximum absolute atomic E-state index is 13.5. The molecule has 0 N–H and O–H groups in total. The second-order valence-electron chi connectivity index (χ2n) is 3.23. The molecule has 0 aliphatic rings. The van der Waals surface area contributed by atoms with Gasteiger partial charge in [-0.25, -0.2) is 18.6 Å². The standard InChI is InChI=1S/C11H6ClF2NO2/c1-17-11(16)8-4-5(12)9-6(13)2-3-7(14)10(9)15-8/h2-4H,1H3. The molecule has 88 valence electrons. The van der Waals surface area contributed by atoms with Crippen LogP contribution in [-0.2, 0) is 4.74 Å². The molecule has 2 rings (SSSR count). The number of halogens is 3. The molecule has 0 aliphatic heterocycles. The molecule has 2 aromatic rings. The van der Waals surface area contributed by atoms with Gasteiger partial charge in [0.1, 0.15) is 17.2 Å². The summed E-state index contributed by atoms with van der Waals surface area (Å²) in [4.78, 5) is 14.9. The summed E-state index contributed by atoms with van der Waals surface area (Å²) in [5, 5.41) is -0.244. The third-order valence-electron chi connectivity index (χ3n) is 2.21. The van der Waals surface area contributed by atoms with Crippen molar-refractivity contribution in [2.75, 3.05) is 7.11 Å². The smallest absolute Gasteiger partial charge is 0.356 e. The number of carbonyl (C=O) groups is 1. The van der Waals surface area contributed by atoms with Crippen molar-refractivity contribution in [1.82, 2.24) is 4.98 Å². The lowest BCUT2D eigenvalue weighted by molar-refractivity contribution is 0.0594. The number of pyridine rings is 1. The van der Waals surface area contributed by atoms with E-state index in [9.17, 15) is 13.6 Å². The van der Waals surface area contributed by atoms with Crippen LogP contribution in [0.2, 0.25) is 5.02 Å². The maximum atomic E-state index is 13.5. The van der Waals surface area contributed by atoms with Gasteiger partial charge in [0.05, 0.1) is 17.5 Å². The lowest BCUT2D eigenvalue weighted by atomic mass is 10.2. The molecule has 1 heterocycles. The highest BCUT2D eigenvalue weighted by Gasteiger charge is 2.16. The Morgan fingerprint density at radius 3 is 2.65 bits per heavy atom. The van der Waals surface area contributed by atoms with Crippen LogP contribution in [-0.4, -0.2) is 18.1 Å². The topological polar surface area (TPSA) is 39.2 Å². The summed E-state index contributed by atoms with van der Waals surface area (Å²) in [6.45, 7) is 0. The average Bonchev–Trinajstić information content (AvgIpc) is 2.32. The van der Waals surface area contributed by atoms with E-state index in [2.05, 4.69) is 9.72 Å². The number of benzene rings is 1. The molecule has 0 bridgehead atoms. The van der Waals surface area contributed by atoms with Gasteiger partial charge in [0.25, 0.3) is 0 Å². The first-order chi connectivity index (χ1) is 8.04. The molecule has 0 fully saturated rings. The van der Waals surface area contributed by atoms with Crippen molar-refractivity contribution >= 4 is 28.5 Å². The van der Waals surface area contributed by atoms with Crippen LogP contribution in [0.4, 0.5) is 8.78 Å². The number of nitrogens with zero attached hydrogens (tertiary/aromatic N) is 1. The van der Waals surface area contributed by atoms with Crippen LogP contribution >= 0.6 is 11.6 Å². The van der Waals surface area contributed by atoms with E-state index >= 15 is 0 Å². The maximum Gasteiger partial charge on any atom is 0.356 e. The van der Waals surface area contributed by atoms with Crippen molar-refractivity contribution in [3.05, 3.63) is 40.6 Å². The fraction of sp³-hybridized carbons (Fsp3) is 0.0909. The van der Waals surface area contributed by atoms with E-state index in [0.29, 0.717) is 0 Å². The summed E-state index contributed by atoms with van der Waals surface area (Å²) in [5.74, 6) is -2.22. The van der Waals surface area contributed by atoms with Crippen LogP contribution < -0.4 is 0 Å². The zero-order chi connectivity index (χ0) is 12.6. The van der Waals surface area contributed by atoms with E-state index in [0.717, 1.165) is 25.3 Å². The van der Waals surface area contributed by atoms with Gasteiger partial charge < -0.3 is 4.74 Å². The molecule has 0 spiro atoms. The Hall–Kier alpha value is -1.75. The fourth-order valence-corrected chi connectivity index (χ4v) is 1.71. The van der Waals surface area contributed by atoms with Gasteiger partial charge in [-0.1, -0.05) is 11.6 Å². The van der Waals surface area contributed by atoms with E-state index in [1.807, 2.05) is 0 Å². The van der Waals surface area contributed by atoms with Crippen molar-refractivity contribution in [2.24, 2.45) is 0 Å². The molecule has 0 saturated heterocycles. The number of esters is 1. The number of ether oxygens (including phenoxy) is 1. The molecule has 1 aromatic carbocycles. The quantitative estimate of drug-likeness (QED) is 0.738. The van der Waals surface area contributed by atoms with Gasteiger partial charge in [0.15, 0.2) is 5.69 Å². The van der Waals surface area contributed by atoms with Gasteiger partial charge in [-0.3, -0.25) is 0 Å². The summed E-state index contributed by atoms with van der Waals surface area (Å²) in [7, 11) is 1.16. The molecule has 1 aromatic heterocycles. The molecule has 0 atom stereocenters. The van der Waals surface area contributed by atoms with Crippen LogP contribution in [0.25, 0.3) is 10.9 Å². The number of methoxy groups -OCH3 is 1. The minimum Gasteiger partial charge on any atom is -0.464 e. The van der Waals surface area contributed by atoms with E-state index in [1.165, 1.54) is 0 Å². The van der Waals surface area contributed by atoms with Gasteiger partial charge in [0.2, 0.25) is 0 Å². The predicted octanol–water partition coefficient (Wildman–Crippen LogP) is 2.95. The van der Waals surface area contributed by atoms with Crippen LogP contribution in [0, 0.1) is 11.6 Å². The Kier molecular flexibility index (Phi) is 2.93. The number of hydrogen-bond donors (Lipinski definition) is 0. The highest BCUT2D eigenvalue weighted by Crippen LogP contribution is 2.27. The predicted molar refractivity (Wildman–Crippen MR) is 58.0 cm³/mol. The second-order valence-corrected chi connectivity index (χ2v) is 3.64. The van der Waals surface area contributed by atoms with E-state index < -0.39 is 17.6 Å². The molecule has 17 heavy (non-hydrogen) atoms. The Bertz CT molecular complexity index is 616. The number of rotatable bonds is 1. The summed E-state index contributed by atoms with van der Waals surface area (Å²) in [6.07, 6.45) is 0. The van der Waals surface area contributed by atoms with Crippen molar-refractivity contribution < 1.29 is 18.3 Å². The van der Waals surface area contributed by atoms with E-state index in [1.54, 1.807) is 0 Å². The van der Waals surface area contributed by atoms with Gasteiger partial charge in [-0.2, -0.15) is 0 Å². The van der Waals surface area contributed by atoms with Crippen molar-refractivity contribution in [3.8, 4) is 0 Å². The summed E-state index contributed by atoms with van der Waals surface area (Å²) >= 11 is 5.79. The first-order valence-corrected chi connectivity index (χ1v) is 4.95. The zero-order valence-electron chi connectivity index (χ0n) is 8.63. The third kappa shape index (κ3) is 1.93. The SMILES string of the molecule is COC(=O)c1cc(Cl)c2c(F)ccc(F)c2n1. The highest BCUT2D eigenvalue weighted by atomic mass is 35.5. The van der Waals surface area contributed by atoms with Crippen molar-refractivity contribution in [1.29, 1.82) is 0 Å². The normalized spacial score (nSPS) is 10.6. The molecule has 3 nitrogen and oxygen atoms in total. The van der Waals surface area contributed by atoms with Crippen LogP contribution in [0.5, 0.6) is 0 Å². The molecule has 0 aliphatic carbocycles. The Labute approximate surface area is 100.0 Å². The Balaban J connectivity index is 2.82. The largest absolute Gasteiger partial charge is 0.464 e. The lowest BCUT2D eigenvalue weighted by Crippen LogP contribution is -2.05. The fourth-order valence-electron chi connectivity index (χ4n) is 1.43. The molecule has 0 amide bonds. The Morgan fingerprint density at radius 1 is 1.35 bits per heavy atom. The highest BCUT2D eigenvalue weighted by molar-refractivity contribution is 6.35. The molecule has 0 radical (unpaired) electrons. The summed E-state index contributed by atoms with van der Waals surface area (Å²) in [6, 6.07) is 3.00. The number of aromatic nitrogens is 1. The van der Waals surface area contributed by atoms with E-state index in [4.69, 9.17) is 11.6 Å². The summed E-state index contributed by atoms with van der Waals surface area (Å²) in [5.41, 5.74) is -0.465. The molecular formula is C11H6ClF2NO2. The summed E-state index contributed by atoms with van der Waals surface area (Å²) < 4.78 is 31.3. The number of fused-ring (bicyclic) bond motifs is 1. The van der Waals surface area contributed by atoms with Crippen LogP contribution in [0.1, 0.15) is 10.5 Å². The minimum absolute atomic E-state index is 0.0904. The van der Waals surface area contributed by atoms with Crippen molar-refractivity contribution in [3.63, 3.8) is 0 Å². The average molecular weight is 258 g/mol. The first-order valence-electron chi connectivity index (χ1n) is 4.57. The van der Waals surface area contributed by atoms with Crippen molar-refractivity contribution in [2.45, 2.75) is 0 Å². The molecule has 6 heteroatoms. The number of hydrogen-bond acceptors (Lipinski definition) is 3. The lowest BCUT2D eigenvalue weighted by Gasteiger charge is -2.05. The molecule has 0 saturated carbocycles. The van der Waals surface area contributed by atoms with Gasteiger partial charge in [0, 0.05) is 0 Å². The van der Waals surface area contributed by atoms with E-state index in [-0.39, 0.29) is 21.6 Å². The van der Waals surface area contributed by atoms with Crippen LogP contribution in [0.15, 0.2) is 18.2 Å². The monoisotopic (exact) mass is 257 g/mol. The van der Waals surface area contributed by atoms with Gasteiger partial charge >= 0.3 is 5.97 Å². The zero-order valence-corrected chi connectivity index (χ0v) is 9.39. The van der Waals surface area contributed by atoms with Gasteiger partial charge in [-0.15, -0.1) is 0 Å². The Morgan fingerprint density at radius 2 is 2.00 bits per heavy atom.